The third-order valence-corrected chi connectivity index (χ3v) is 3.00. The molecule has 0 aromatic heterocycles. The summed E-state index contributed by atoms with van der Waals surface area (Å²) in [5, 5.41) is 0. The Morgan fingerprint density at radius 1 is 0.909 bits per heavy atom. The second-order valence-corrected chi connectivity index (χ2v) is 4.75. The number of rotatable bonds is 8. The molecule has 0 aliphatic rings. The van der Waals surface area contributed by atoms with Gasteiger partial charge in [-0.3, -0.25) is 4.89 Å². The lowest BCUT2D eigenvalue weighted by atomic mass is 10.0. The van der Waals surface area contributed by atoms with E-state index >= 15 is 0 Å². The van der Waals surface area contributed by atoms with Crippen LogP contribution < -0.4 is 0 Å². The Kier molecular flexibility index (Phi) is 6.61. The highest BCUT2D eigenvalue weighted by Crippen LogP contribution is 2.20. The van der Waals surface area contributed by atoms with E-state index in [0.717, 1.165) is 17.5 Å². The van der Waals surface area contributed by atoms with Gasteiger partial charge in [-0.2, -0.15) is 4.89 Å². The molecule has 0 bridgehead atoms. The molecule has 116 valence electrons. The van der Waals surface area contributed by atoms with Crippen molar-refractivity contribution in [3.05, 3.63) is 60.2 Å². The molecule has 2 aromatic carbocycles. The second kappa shape index (κ2) is 8.97. The third kappa shape index (κ3) is 4.98. The van der Waals surface area contributed by atoms with Gasteiger partial charge in [0.1, 0.15) is 6.61 Å². The van der Waals surface area contributed by atoms with Crippen LogP contribution in [0, 0.1) is 0 Å². The molecule has 0 aliphatic carbocycles. The monoisotopic (exact) mass is 300 g/mol. The van der Waals surface area contributed by atoms with Gasteiger partial charge in [-0.1, -0.05) is 49.4 Å². The van der Waals surface area contributed by atoms with Crippen molar-refractivity contribution < 1.29 is 19.3 Å². The van der Waals surface area contributed by atoms with Gasteiger partial charge in [0.2, 0.25) is 0 Å². The van der Waals surface area contributed by atoms with E-state index in [1.54, 1.807) is 12.1 Å². The van der Waals surface area contributed by atoms with Gasteiger partial charge >= 0.3 is 5.97 Å². The minimum atomic E-state index is -0.506. The number of ether oxygens (including phenoxy) is 1. The fourth-order valence-corrected chi connectivity index (χ4v) is 1.94. The molecule has 2 rings (SSSR count). The highest BCUT2D eigenvalue weighted by Gasteiger charge is 2.09. The van der Waals surface area contributed by atoms with Crippen molar-refractivity contribution in [3.8, 4) is 11.1 Å². The lowest BCUT2D eigenvalue weighted by Gasteiger charge is -2.06. The van der Waals surface area contributed by atoms with E-state index in [1.165, 1.54) is 0 Å². The molecule has 4 heteroatoms. The summed E-state index contributed by atoms with van der Waals surface area (Å²) in [6, 6.07) is 17.1. The molecule has 0 spiro atoms. The molecule has 0 amide bonds. The maximum Gasteiger partial charge on any atom is 0.373 e. The van der Waals surface area contributed by atoms with Crippen LogP contribution in [0.25, 0.3) is 11.1 Å². The fraction of sp³-hybridized carbons (Fsp3) is 0.278. The number of carbonyl (C=O) groups excluding carboxylic acids is 1. The van der Waals surface area contributed by atoms with Crippen LogP contribution in [-0.2, 0) is 14.5 Å². The fourth-order valence-electron chi connectivity index (χ4n) is 1.94. The quantitative estimate of drug-likeness (QED) is 0.422. The van der Waals surface area contributed by atoms with Crippen LogP contribution in [0.4, 0.5) is 0 Å². The van der Waals surface area contributed by atoms with Gasteiger partial charge in [0.05, 0.1) is 12.2 Å². The van der Waals surface area contributed by atoms with Gasteiger partial charge in [-0.05, 0) is 29.7 Å². The number of carbonyl (C=O) groups is 1. The maximum absolute atomic E-state index is 11.9. The van der Waals surface area contributed by atoms with E-state index in [4.69, 9.17) is 14.5 Å². The van der Waals surface area contributed by atoms with Gasteiger partial charge in [-0.25, -0.2) is 4.79 Å². The average molecular weight is 300 g/mol. The summed E-state index contributed by atoms with van der Waals surface area (Å²) in [6.45, 7) is 3.34. The van der Waals surface area contributed by atoms with E-state index in [-0.39, 0.29) is 6.61 Å². The Balaban J connectivity index is 1.88. The van der Waals surface area contributed by atoms with E-state index in [1.807, 2.05) is 49.4 Å². The van der Waals surface area contributed by atoms with Crippen LogP contribution in [0.3, 0.4) is 0 Å². The number of hydrogen-bond donors (Lipinski definition) is 0. The van der Waals surface area contributed by atoms with Gasteiger partial charge in [0, 0.05) is 6.61 Å². The summed E-state index contributed by atoms with van der Waals surface area (Å²) >= 11 is 0. The Bertz CT molecular complexity index is 581. The molecule has 0 N–H and O–H groups in total. The lowest BCUT2D eigenvalue weighted by molar-refractivity contribution is -0.247. The van der Waals surface area contributed by atoms with Crippen LogP contribution in [0.5, 0.6) is 0 Å². The predicted molar refractivity (Wildman–Crippen MR) is 84.4 cm³/mol. The molecule has 2 aromatic rings. The summed E-state index contributed by atoms with van der Waals surface area (Å²) in [7, 11) is 0. The molecule has 0 fully saturated rings. The van der Waals surface area contributed by atoms with Crippen molar-refractivity contribution in [2.75, 3.05) is 19.8 Å². The molecule has 0 heterocycles. The van der Waals surface area contributed by atoms with Crippen molar-refractivity contribution in [3.63, 3.8) is 0 Å². The molecule has 0 saturated carbocycles. The van der Waals surface area contributed by atoms with Gasteiger partial charge in [0.25, 0.3) is 0 Å². The minimum Gasteiger partial charge on any atom is -0.379 e. The standard InChI is InChI=1S/C18H20O4/c1-2-11-20-12-13-21-22-18(19)17-10-6-9-16(14-17)15-7-4-3-5-8-15/h3-10,14H,2,11-13H2,1H3. The first-order chi connectivity index (χ1) is 10.8. The molecule has 4 nitrogen and oxygen atoms in total. The second-order valence-electron chi connectivity index (χ2n) is 4.75. The molecular formula is C18H20O4. The third-order valence-electron chi connectivity index (χ3n) is 3.00. The van der Waals surface area contributed by atoms with Gasteiger partial charge in [-0.15, -0.1) is 0 Å². The number of hydrogen-bond acceptors (Lipinski definition) is 4. The first kappa shape index (κ1) is 16.2. The van der Waals surface area contributed by atoms with Crippen LogP contribution in [0.2, 0.25) is 0 Å². The van der Waals surface area contributed by atoms with E-state index < -0.39 is 5.97 Å². The van der Waals surface area contributed by atoms with Crippen molar-refractivity contribution in [1.29, 1.82) is 0 Å². The zero-order chi connectivity index (χ0) is 15.6. The normalized spacial score (nSPS) is 10.4. The predicted octanol–water partition coefficient (Wildman–Crippen LogP) is 3.87. The van der Waals surface area contributed by atoms with Crippen LogP contribution in [-0.4, -0.2) is 25.8 Å². The molecule has 0 atom stereocenters. The maximum atomic E-state index is 11.9. The van der Waals surface area contributed by atoms with Crippen molar-refractivity contribution in [2.24, 2.45) is 0 Å². The first-order valence-corrected chi connectivity index (χ1v) is 7.38. The summed E-state index contributed by atoms with van der Waals surface area (Å²) in [5.74, 6) is -0.506. The molecule has 0 saturated heterocycles. The highest BCUT2D eigenvalue weighted by molar-refractivity contribution is 5.90. The van der Waals surface area contributed by atoms with Gasteiger partial charge in [0.15, 0.2) is 0 Å². The Labute approximate surface area is 130 Å². The Morgan fingerprint density at radius 2 is 1.68 bits per heavy atom. The topological polar surface area (TPSA) is 44.8 Å². The Hall–Kier alpha value is -2.17. The van der Waals surface area contributed by atoms with Crippen molar-refractivity contribution in [2.45, 2.75) is 13.3 Å². The summed E-state index contributed by atoms with van der Waals surface area (Å²) in [6.07, 6.45) is 0.950. The van der Waals surface area contributed by atoms with E-state index in [9.17, 15) is 4.79 Å². The molecule has 22 heavy (non-hydrogen) atoms. The molecular weight excluding hydrogens is 280 g/mol. The van der Waals surface area contributed by atoms with E-state index in [2.05, 4.69) is 0 Å². The zero-order valence-electron chi connectivity index (χ0n) is 12.7. The SMILES string of the molecule is CCCOCCOOC(=O)c1cccc(-c2ccccc2)c1. The molecule has 0 unspecified atom stereocenters. The molecule has 0 aliphatic heterocycles. The number of benzene rings is 2. The zero-order valence-corrected chi connectivity index (χ0v) is 12.7. The summed E-state index contributed by atoms with van der Waals surface area (Å²) in [5.41, 5.74) is 2.46. The van der Waals surface area contributed by atoms with Crippen molar-refractivity contribution >= 4 is 5.97 Å². The smallest absolute Gasteiger partial charge is 0.373 e. The molecule has 0 radical (unpaired) electrons. The average Bonchev–Trinajstić information content (AvgIpc) is 2.59. The first-order valence-electron chi connectivity index (χ1n) is 7.38. The summed E-state index contributed by atoms with van der Waals surface area (Å²) in [4.78, 5) is 21.6. The minimum absolute atomic E-state index is 0.226. The highest BCUT2D eigenvalue weighted by atomic mass is 17.2. The lowest BCUT2D eigenvalue weighted by Crippen LogP contribution is -2.10. The van der Waals surface area contributed by atoms with Crippen LogP contribution >= 0.6 is 0 Å². The van der Waals surface area contributed by atoms with Crippen LogP contribution in [0.15, 0.2) is 54.6 Å². The van der Waals surface area contributed by atoms with E-state index in [0.29, 0.717) is 18.8 Å². The van der Waals surface area contributed by atoms with Crippen molar-refractivity contribution in [1.82, 2.24) is 0 Å². The largest absolute Gasteiger partial charge is 0.379 e. The van der Waals surface area contributed by atoms with Crippen LogP contribution in [0.1, 0.15) is 23.7 Å². The Morgan fingerprint density at radius 3 is 2.45 bits per heavy atom. The summed E-state index contributed by atoms with van der Waals surface area (Å²) < 4.78 is 5.23. The van der Waals surface area contributed by atoms with Gasteiger partial charge < -0.3 is 4.74 Å².